The maximum atomic E-state index is 4.51. The highest BCUT2D eigenvalue weighted by atomic mass is 15.2. The van der Waals surface area contributed by atoms with Gasteiger partial charge in [0.2, 0.25) is 0 Å². The van der Waals surface area contributed by atoms with Gasteiger partial charge in [-0.15, -0.1) is 0 Å². The predicted molar refractivity (Wildman–Crippen MR) is 46.5 cm³/mol. The van der Waals surface area contributed by atoms with E-state index in [-0.39, 0.29) is 0 Å². The van der Waals surface area contributed by atoms with Crippen molar-refractivity contribution in [2.75, 3.05) is 13.6 Å². The van der Waals surface area contributed by atoms with Gasteiger partial charge in [0.1, 0.15) is 5.84 Å². The van der Waals surface area contributed by atoms with Crippen LogP contribution < -0.4 is 0 Å². The minimum Gasteiger partial charge on any atom is -0.335 e. The molecule has 2 rings (SSSR count). The molecule has 0 aromatic carbocycles. The number of hydrogen-bond donors (Lipinski definition) is 0. The molecule has 0 bridgehead atoms. The van der Waals surface area contributed by atoms with Crippen LogP contribution in [-0.2, 0) is 0 Å². The highest BCUT2D eigenvalue weighted by Gasteiger charge is 2.33. The van der Waals surface area contributed by atoms with E-state index in [4.69, 9.17) is 0 Å². The number of rotatable bonds is 1. The average molecular weight is 150 g/mol. The molecule has 1 saturated carbocycles. The van der Waals surface area contributed by atoms with Crippen LogP contribution in [0, 0.1) is 5.92 Å². The van der Waals surface area contributed by atoms with Gasteiger partial charge in [-0.25, -0.2) is 0 Å². The molecule has 0 amide bonds. The van der Waals surface area contributed by atoms with Gasteiger partial charge >= 0.3 is 0 Å². The number of allylic oxidation sites excluding steroid dienone is 1. The third-order valence-corrected chi connectivity index (χ3v) is 2.45. The zero-order valence-corrected chi connectivity index (χ0v) is 7.17. The zero-order valence-electron chi connectivity index (χ0n) is 7.17. The molecule has 0 spiro atoms. The van der Waals surface area contributed by atoms with Gasteiger partial charge in [0, 0.05) is 18.7 Å². The van der Waals surface area contributed by atoms with Crippen molar-refractivity contribution in [3.63, 3.8) is 0 Å². The maximum Gasteiger partial charge on any atom is 0.106 e. The van der Waals surface area contributed by atoms with Gasteiger partial charge in [-0.1, -0.05) is 6.08 Å². The molecular formula is C9H14N2. The third-order valence-electron chi connectivity index (χ3n) is 2.45. The summed E-state index contributed by atoms with van der Waals surface area (Å²) in [6, 6.07) is 0. The first kappa shape index (κ1) is 6.89. The number of hydrogen-bond acceptors (Lipinski definition) is 2. The number of amidine groups is 1. The van der Waals surface area contributed by atoms with Crippen molar-refractivity contribution in [1.82, 2.24) is 4.90 Å². The summed E-state index contributed by atoms with van der Waals surface area (Å²) in [4.78, 5) is 6.75. The maximum absolute atomic E-state index is 4.51. The van der Waals surface area contributed by atoms with Gasteiger partial charge in [0.25, 0.3) is 0 Å². The Balaban J connectivity index is 2.13. The Morgan fingerprint density at radius 1 is 1.55 bits per heavy atom. The van der Waals surface area contributed by atoms with E-state index in [0.717, 1.165) is 12.5 Å². The SMILES string of the molecule is CC=C1CN=C(C2CC2)N1C. The zero-order chi connectivity index (χ0) is 7.84. The van der Waals surface area contributed by atoms with Crippen molar-refractivity contribution in [1.29, 1.82) is 0 Å². The average Bonchev–Trinajstić information content (AvgIpc) is 2.77. The molecule has 2 heteroatoms. The Labute approximate surface area is 67.6 Å². The number of aliphatic imine (C=N–C) groups is 1. The summed E-state index contributed by atoms with van der Waals surface area (Å²) in [7, 11) is 2.12. The van der Waals surface area contributed by atoms with Crippen LogP contribution in [0.5, 0.6) is 0 Å². The van der Waals surface area contributed by atoms with E-state index in [1.807, 2.05) is 0 Å². The molecule has 2 aliphatic rings. The summed E-state index contributed by atoms with van der Waals surface area (Å²) in [5.74, 6) is 2.11. The summed E-state index contributed by atoms with van der Waals surface area (Å²) in [6.45, 7) is 2.98. The van der Waals surface area contributed by atoms with Gasteiger partial charge in [-0.05, 0) is 19.8 Å². The topological polar surface area (TPSA) is 15.6 Å². The molecule has 0 saturated heterocycles. The van der Waals surface area contributed by atoms with Crippen molar-refractivity contribution in [2.24, 2.45) is 10.9 Å². The highest BCUT2D eigenvalue weighted by Crippen LogP contribution is 2.34. The van der Waals surface area contributed by atoms with Gasteiger partial charge in [-0.3, -0.25) is 4.99 Å². The Morgan fingerprint density at radius 3 is 2.73 bits per heavy atom. The fourth-order valence-corrected chi connectivity index (χ4v) is 1.55. The Kier molecular flexibility index (Phi) is 1.48. The quantitative estimate of drug-likeness (QED) is 0.555. The molecule has 0 radical (unpaired) electrons. The summed E-state index contributed by atoms with van der Waals surface area (Å²) in [5.41, 5.74) is 1.35. The van der Waals surface area contributed by atoms with Crippen LogP contribution in [0.3, 0.4) is 0 Å². The number of nitrogens with zero attached hydrogens (tertiary/aromatic N) is 2. The first-order chi connectivity index (χ1) is 5.33. The van der Waals surface area contributed by atoms with E-state index in [1.54, 1.807) is 0 Å². The molecule has 0 atom stereocenters. The molecule has 1 fully saturated rings. The van der Waals surface area contributed by atoms with Crippen LogP contribution in [-0.4, -0.2) is 24.3 Å². The molecule has 60 valence electrons. The lowest BCUT2D eigenvalue weighted by molar-refractivity contribution is 0.628. The minimum absolute atomic E-state index is 0.789. The van der Waals surface area contributed by atoms with E-state index in [9.17, 15) is 0 Å². The Morgan fingerprint density at radius 2 is 2.27 bits per heavy atom. The second kappa shape index (κ2) is 2.36. The van der Waals surface area contributed by atoms with Crippen molar-refractivity contribution in [2.45, 2.75) is 19.8 Å². The van der Waals surface area contributed by atoms with E-state index >= 15 is 0 Å². The van der Waals surface area contributed by atoms with E-state index in [0.29, 0.717) is 0 Å². The fraction of sp³-hybridized carbons (Fsp3) is 0.667. The largest absolute Gasteiger partial charge is 0.335 e. The van der Waals surface area contributed by atoms with Crippen molar-refractivity contribution in [3.8, 4) is 0 Å². The van der Waals surface area contributed by atoms with Gasteiger partial charge in [0.15, 0.2) is 0 Å². The summed E-state index contributed by atoms with van der Waals surface area (Å²) in [5, 5.41) is 0. The molecule has 0 aromatic heterocycles. The van der Waals surface area contributed by atoms with Crippen LogP contribution in [0.1, 0.15) is 19.8 Å². The smallest absolute Gasteiger partial charge is 0.106 e. The van der Waals surface area contributed by atoms with Crippen molar-refractivity contribution >= 4 is 5.84 Å². The van der Waals surface area contributed by atoms with E-state index in [1.165, 1.54) is 24.4 Å². The number of likely N-dealkylation sites (N-methyl/N-ethyl adjacent to an activating group) is 1. The summed E-state index contributed by atoms with van der Waals surface area (Å²) in [6.07, 6.45) is 4.85. The Bertz CT molecular complexity index is 224. The molecule has 1 aliphatic carbocycles. The molecular weight excluding hydrogens is 136 g/mol. The lowest BCUT2D eigenvalue weighted by atomic mass is 10.3. The predicted octanol–water partition coefficient (Wildman–Crippen LogP) is 1.64. The lowest BCUT2D eigenvalue weighted by Gasteiger charge is -2.14. The van der Waals surface area contributed by atoms with Gasteiger partial charge in [-0.2, -0.15) is 0 Å². The standard InChI is InChI=1S/C9H14N2/c1-3-8-6-10-9(11(8)2)7-4-5-7/h3,7H,4-6H2,1-2H3. The first-order valence-corrected chi connectivity index (χ1v) is 4.26. The normalized spacial score (nSPS) is 28.0. The molecule has 11 heavy (non-hydrogen) atoms. The summed E-state index contributed by atoms with van der Waals surface area (Å²) >= 11 is 0. The monoisotopic (exact) mass is 150 g/mol. The summed E-state index contributed by atoms with van der Waals surface area (Å²) < 4.78 is 0. The van der Waals surface area contributed by atoms with Crippen LogP contribution in [0.25, 0.3) is 0 Å². The fourth-order valence-electron chi connectivity index (χ4n) is 1.55. The van der Waals surface area contributed by atoms with Gasteiger partial charge in [0.05, 0.1) is 6.54 Å². The van der Waals surface area contributed by atoms with Crippen LogP contribution in [0.2, 0.25) is 0 Å². The van der Waals surface area contributed by atoms with Gasteiger partial charge < -0.3 is 4.90 Å². The van der Waals surface area contributed by atoms with E-state index < -0.39 is 0 Å². The molecule has 1 aliphatic heterocycles. The van der Waals surface area contributed by atoms with Crippen molar-refractivity contribution < 1.29 is 0 Å². The van der Waals surface area contributed by atoms with Crippen LogP contribution in [0.4, 0.5) is 0 Å². The molecule has 0 aromatic rings. The second-order valence-corrected chi connectivity index (χ2v) is 3.29. The van der Waals surface area contributed by atoms with Crippen LogP contribution in [0.15, 0.2) is 16.8 Å². The van der Waals surface area contributed by atoms with Crippen molar-refractivity contribution in [3.05, 3.63) is 11.8 Å². The van der Waals surface area contributed by atoms with Crippen LogP contribution >= 0.6 is 0 Å². The van der Waals surface area contributed by atoms with E-state index in [2.05, 4.69) is 29.9 Å². The Hall–Kier alpha value is -0.790. The molecule has 2 nitrogen and oxygen atoms in total. The third kappa shape index (κ3) is 1.06. The molecule has 0 unspecified atom stereocenters. The lowest BCUT2D eigenvalue weighted by Crippen LogP contribution is -2.22. The second-order valence-electron chi connectivity index (χ2n) is 3.29. The molecule has 0 N–H and O–H groups in total. The molecule has 1 heterocycles. The minimum atomic E-state index is 0.789. The first-order valence-electron chi connectivity index (χ1n) is 4.26. The highest BCUT2D eigenvalue weighted by molar-refractivity contribution is 5.89.